The van der Waals surface area contributed by atoms with Crippen LogP contribution in [-0.2, 0) is 0 Å². The number of halogens is 1. The summed E-state index contributed by atoms with van der Waals surface area (Å²) in [7, 11) is 0. The zero-order chi connectivity index (χ0) is 11.9. The van der Waals surface area contributed by atoms with E-state index in [1.807, 2.05) is 30.0 Å². The quantitative estimate of drug-likeness (QED) is 0.737. The maximum atomic E-state index is 6.15. The van der Waals surface area contributed by atoms with Crippen LogP contribution in [0.25, 0.3) is 10.1 Å². The molecule has 0 spiro atoms. The van der Waals surface area contributed by atoms with E-state index in [9.17, 15) is 0 Å². The van der Waals surface area contributed by atoms with Crippen molar-refractivity contribution in [3.05, 3.63) is 23.2 Å². The normalized spacial score (nSPS) is 12.2. The van der Waals surface area contributed by atoms with Crippen LogP contribution < -0.4 is 5.73 Å². The minimum atomic E-state index is 0.179. The molecule has 0 aliphatic heterocycles. The number of thioether (sulfide) groups is 1. The predicted octanol–water partition coefficient (Wildman–Crippen LogP) is 5.03. The number of hydrogen-bond acceptors (Lipinski definition) is 3. The third kappa shape index (κ3) is 2.47. The first-order valence-corrected chi connectivity index (χ1v) is 7.04. The lowest BCUT2D eigenvalue weighted by molar-refractivity contribution is 0.804. The molecule has 0 aliphatic carbocycles. The number of rotatable bonds is 1. The smallest absolute Gasteiger partial charge is 0.0846 e. The highest BCUT2D eigenvalue weighted by Crippen LogP contribution is 2.45. The van der Waals surface area contributed by atoms with Crippen LogP contribution >= 0.6 is 34.7 Å². The Balaban J connectivity index is 2.52. The molecule has 0 radical (unpaired) electrons. The fourth-order valence-electron chi connectivity index (χ4n) is 1.42. The van der Waals surface area contributed by atoms with Gasteiger partial charge in [0.15, 0.2) is 0 Å². The number of thiophene rings is 1. The van der Waals surface area contributed by atoms with Crippen LogP contribution in [0.4, 0.5) is 5.69 Å². The van der Waals surface area contributed by atoms with E-state index >= 15 is 0 Å². The molecule has 2 N–H and O–H groups in total. The molecule has 2 rings (SSSR count). The molecule has 0 saturated heterocycles. The van der Waals surface area contributed by atoms with Crippen LogP contribution in [-0.4, -0.2) is 4.75 Å². The zero-order valence-electron chi connectivity index (χ0n) is 9.50. The molecule has 0 atom stereocenters. The van der Waals surface area contributed by atoms with Gasteiger partial charge in [0.1, 0.15) is 0 Å². The molecule has 0 fully saturated rings. The summed E-state index contributed by atoms with van der Waals surface area (Å²) in [4.78, 5) is 0. The van der Waals surface area contributed by atoms with Gasteiger partial charge in [0, 0.05) is 19.9 Å². The Kier molecular flexibility index (Phi) is 3.12. The summed E-state index contributed by atoms with van der Waals surface area (Å²) < 4.78 is 2.57. The first-order valence-electron chi connectivity index (χ1n) is 5.03. The highest BCUT2D eigenvalue weighted by Gasteiger charge is 2.17. The standard InChI is InChI=1S/C12H14ClNS2/c1-12(2,3)16-11-10(14)8-6-7(13)4-5-9(8)15-11/h4-6H,14H2,1-3H3. The molecule has 1 aromatic heterocycles. The Bertz CT molecular complexity index is 526. The molecule has 4 heteroatoms. The summed E-state index contributed by atoms with van der Waals surface area (Å²) in [5.74, 6) is 0. The van der Waals surface area contributed by atoms with E-state index in [2.05, 4.69) is 20.8 Å². The Morgan fingerprint density at radius 2 is 2.00 bits per heavy atom. The topological polar surface area (TPSA) is 26.0 Å². The lowest BCUT2D eigenvalue weighted by Gasteiger charge is -2.16. The van der Waals surface area contributed by atoms with E-state index < -0.39 is 0 Å². The van der Waals surface area contributed by atoms with Crippen LogP contribution in [0.3, 0.4) is 0 Å². The van der Waals surface area contributed by atoms with Gasteiger partial charge in [0.2, 0.25) is 0 Å². The van der Waals surface area contributed by atoms with E-state index in [0.29, 0.717) is 0 Å². The molecule has 0 amide bonds. The van der Waals surface area contributed by atoms with Crippen molar-refractivity contribution in [2.45, 2.75) is 29.7 Å². The first kappa shape index (κ1) is 12.1. The Labute approximate surface area is 109 Å². The highest BCUT2D eigenvalue weighted by atomic mass is 35.5. The van der Waals surface area contributed by atoms with E-state index in [1.165, 1.54) is 8.91 Å². The molecule has 1 aromatic carbocycles. The minimum Gasteiger partial charge on any atom is -0.397 e. The van der Waals surface area contributed by atoms with Crippen molar-refractivity contribution in [2.24, 2.45) is 0 Å². The zero-order valence-corrected chi connectivity index (χ0v) is 11.9. The van der Waals surface area contributed by atoms with Gasteiger partial charge in [-0.15, -0.1) is 23.1 Å². The number of nitrogens with two attached hydrogens (primary N) is 1. The van der Waals surface area contributed by atoms with Gasteiger partial charge in [-0.1, -0.05) is 32.4 Å². The van der Waals surface area contributed by atoms with E-state index in [-0.39, 0.29) is 4.75 Å². The first-order chi connectivity index (χ1) is 7.37. The molecule has 1 heterocycles. The Morgan fingerprint density at radius 3 is 2.62 bits per heavy atom. The molecule has 86 valence electrons. The van der Waals surface area contributed by atoms with Crippen molar-refractivity contribution in [2.75, 3.05) is 5.73 Å². The highest BCUT2D eigenvalue weighted by molar-refractivity contribution is 8.02. The molecule has 0 aliphatic rings. The fraction of sp³-hybridized carbons (Fsp3) is 0.333. The van der Waals surface area contributed by atoms with Crippen molar-refractivity contribution >= 4 is 50.5 Å². The monoisotopic (exact) mass is 271 g/mol. The van der Waals surface area contributed by atoms with Gasteiger partial charge >= 0.3 is 0 Å². The van der Waals surface area contributed by atoms with Crippen LogP contribution in [0.15, 0.2) is 22.4 Å². The number of nitrogen functional groups attached to an aromatic ring is 1. The molecule has 0 unspecified atom stereocenters. The average molecular weight is 272 g/mol. The molecular formula is C12H14ClNS2. The summed E-state index contributed by atoms with van der Waals surface area (Å²) in [6.07, 6.45) is 0. The lowest BCUT2D eigenvalue weighted by atomic mass is 10.2. The summed E-state index contributed by atoms with van der Waals surface area (Å²) in [5, 5.41) is 1.81. The number of fused-ring (bicyclic) bond motifs is 1. The number of hydrogen-bond donors (Lipinski definition) is 1. The van der Waals surface area contributed by atoms with Gasteiger partial charge in [-0.2, -0.15) is 0 Å². The molecule has 16 heavy (non-hydrogen) atoms. The molecule has 0 bridgehead atoms. The van der Waals surface area contributed by atoms with Crippen LogP contribution in [0, 0.1) is 0 Å². The van der Waals surface area contributed by atoms with Crippen molar-refractivity contribution < 1.29 is 0 Å². The molecular weight excluding hydrogens is 258 g/mol. The largest absolute Gasteiger partial charge is 0.397 e. The van der Waals surface area contributed by atoms with Crippen LogP contribution in [0.2, 0.25) is 5.02 Å². The fourth-order valence-corrected chi connectivity index (χ4v) is 4.39. The Morgan fingerprint density at radius 1 is 1.31 bits per heavy atom. The van der Waals surface area contributed by atoms with Crippen molar-refractivity contribution in [1.29, 1.82) is 0 Å². The van der Waals surface area contributed by atoms with Crippen molar-refractivity contribution in [3.8, 4) is 0 Å². The van der Waals surface area contributed by atoms with Crippen LogP contribution in [0.1, 0.15) is 20.8 Å². The van der Waals surface area contributed by atoms with E-state index in [4.69, 9.17) is 17.3 Å². The second kappa shape index (κ2) is 4.13. The van der Waals surface area contributed by atoms with E-state index in [0.717, 1.165) is 16.1 Å². The van der Waals surface area contributed by atoms with Gasteiger partial charge < -0.3 is 5.73 Å². The lowest BCUT2D eigenvalue weighted by Crippen LogP contribution is -2.06. The number of benzene rings is 1. The summed E-state index contributed by atoms with van der Waals surface area (Å²) in [5.41, 5.74) is 7.01. The third-order valence-electron chi connectivity index (χ3n) is 2.05. The summed E-state index contributed by atoms with van der Waals surface area (Å²) >= 11 is 9.52. The van der Waals surface area contributed by atoms with Gasteiger partial charge in [0.25, 0.3) is 0 Å². The third-order valence-corrected chi connectivity index (χ3v) is 4.79. The van der Waals surface area contributed by atoms with Gasteiger partial charge in [0.05, 0.1) is 9.90 Å². The summed E-state index contributed by atoms with van der Waals surface area (Å²) in [6, 6.07) is 5.88. The number of anilines is 1. The second-order valence-corrected chi connectivity index (χ2v) is 8.24. The predicted molar refractivity (Wildman–Crippen MR) is 76.9 cm³/mol. The van der Waals surface area contributed by atoms with E-state index in [1.54, 1.807) is 11.3 Å². The maximum absolute atomic E-state index is 6.15. The van der Waals surface area contributed by atoms with Gasteiger partial charge in [-0.25, -0.2) is 0 Å². The Hall–Kier alpha value is -0.380. The molecule has 2 aromatic rings. The van der Waals surface area contributed by atoms with Crippen LogP contribution in [0.5, 0.6) is 0 Å². The summed E-state index contributed by atoms with van der Waals surface area (Å²) in [6.45, 7) is 6.57. The average Bonchev–Trinajstić information content (AvgIpc) is 2.42. The van der Waals surface area contributed by atoms with Gasteiger partial charge in [-0.3, -0.25) is 0 Å². The molecule has 0 saturated carbocycles. The maximum Gasteiger partial charge on any atom is 0.0846 e. The SMILES string of the molecule is CC(C)(C)Sc1sc2ccc(Cl)cc2c1N. The van der Waals surface area contributed by atoms with Crippen molar-refractivity contribution in [1.82, 2.24) is 0 Å². The van der Waals surface area contributed by atoms with Gasteiger partial charge in [-0.05, 0) is 18.2 Å². The van der Waals surface area contributed by atoms with Crippen molar-refractivity contribution in [3.63, 3.8) is 0 Å². The second-order valence-electron chi connectivity index (χ2n) is 4.66. The molecule has 1 nitrogen and oxygen atoms in total. The minimum absolute atomic E-state index is 0.179.